The molecule has 3 heteroatoms. The van der Waals surface area contributed by atoms with Gasteiger partial charge in [0.25, 0.3) is 0 Å². The second kappa shape index (κ2) is 5.77. The highest BCUT2D eigenvalue weighted by Crippen LogP contribution is 2.44. The molecule has 1 aliphatic heterocycles. The van der Waals surface area contributed by atoms with E-state index >= 15 is 0 Å². The van der Waals surface area contributed by atoms with Crippen LogP contribution in [0.15, 0.2) is 27.6 Å². The van der Waals surface area contributed by atoms with Gasteiger partial charge in [-0.2, -0.15) is 0 Å². The summed E-state index contributed by atoms with van der Waals surface area (Å²) in [5, 5.41) is 4.38. The molecular weight excluding hydrogens is 294 g/mol. The molecule has 0 bridgehead atoms. The summed E-state index contributed by atoms with van der Waals surface area (Å²) in [6.07, 6.45) is 1.19. The lowest BCUT2D eigenvalue weighted by molar-refractivity contribution is 0.373. The summed E-state index contributed by atoms with van der Waals surface area (Å²) in [6.45, 7) is 8.01. The molecule has 17 heavy (non-hydrogen) atoms. The molecule has 0 fully saturated rings. The van der Waals surface area contributed by atoms with E-state index in [9.17, 15) is 0 Å². The van der Waals surface area contributed by atoms with Crippen LogP contribution in [0.4, 0.5) is 0 Å². The molecule has 0 aliphatic carbocycles. The molecule has 0 radical (unpaired) electrons. The van der Waals surface area contributed by atoms with Crippen LogP contribution < -0.4 is 5.32 Å². The van der Waals surface area contributed by atoms with Crippen LogP contribution in [-0.2, 0) is 0 Å². The minimum absolute atomic E-state index is 0.499. The van der Waals surface area contributed by atoms with E-state index in [1.54, 1.807) is 0 Å². The smallest absolute Gasteiger partial charge is 0.0368 e. The van der Waals surface area contributed by atoms with E-state index in [-0.39, 0.29) is 0 Å². The Kier molecular flexibility index (Phi) is 4.56. The Bertz CT molecular complexity index is 394. The Balaban J connectivity index is 2.32. The monoisotopic (exact) mass is 313 g/mol. The SMILES string of the molecule is CCCNC1c2cc(Br)ccc2SC(C)C1C. The number of fused-ring (bicyclic) bond motifs is 1. The van der Waals surface area contributed by atoms with Crippen molar-refractivity contribution in [1.82, 2.24) is 5.32 Å². The number of nitrogens with one attached hydrogen (secondary N) is 1. The van der Waals surface area contributed by atoms with Gasteiger partial charge in [-0.3, -0.25) is 0 Å². The number of benzene rings is 1. The third-order valence-corrected chi connectivity index (χ3v) is 5.42. The molecule has 0 amide bonds. The molecular formula is C14H20BrNS. The van der Waals surface area contributed by atoms with Gasteiger partial charge in [-0.25, -0.2) is 0 Å². The lowest BCUT2D eigenvalue weighted by Gasteiger charge is -2.36. The highest BCUT2D eigenvalue weighted by Gasteiger charge is 2.31. The molecule has 1 aromatic rings. The maximum atomic E-state index is 3.70. The standard InChI is InChI=1S/C14H20BrNS/c1-4-7-16-14-9(2)10(3)17-13-6-5-11(15)8-12(13)14/h5-6,8-10,14,16H,4,7H2,1-3H3. The van der Waals surface area contributed by atoms with Crippen molar-refractivity contribution in [3.05, 3.63) is 28.2 Å². The van der Waals surface area contributed by atoms with Gasteiger partial charge in [0.05, 0.1) is 0 Å². The van der Waals surface area contributed by atoms with Gasteiger partial charge in [-0.1, -0.05) is 36.7 Å². The Hall–Kier alpha value is 0.01000. The van der Waals surface area contributed by atoms with Crippen molar-refractivity contribution in [2.24, 2.45) is 5.92 Å². The summed E-state index contributed by atoms with van der Waals surface area (Å²) < 4.78 is 1.18. The molecule has 0 saturated carbocycles. The summed E-state index contributed by atoms with van der Waals surface area (Å²) >= 11 is 5.59. The Morgan fingerprint density at radius 1 is 1.35 bits per heavy atom. The molecule has 1 N–H and O–H groups in total. The topological polar surface area (TPSA) is 12.0 Å². The second-order valence-corrected chi connectivity index (χ2v) is 7.13. The minimum atomic E-state index is 0.499. The molecule has 3 atom stereocenters. The predicted octanol–water partition coefficient (Wildman–Crippen LogP) is 4.62. The van der Waals surface area contributed by atoms with E-state index in [1.807, 2.05) is 11.8 Å². The zero-order chi connectivity index (χ0) is 12.4. The number of hydrogen-bond acceptors (Lipinski definition) is 2. The lowest BCUT2D eigenvalue weighted by Crippen LogP contribution is -2.34. The highest BCUT2D eigenvalue weighted by atomic mass is 79.9. The number of thioether (sulfide) groups is 1. The average Bonchev–Trinajstić information content (AvgIpc) is 2.31. The normalized spacial score (nSPS) is 27.9. The first-order valence-electron chi connectivity index (χ1n) is 6.33. The summed E-state index contributed by atoms with van der Waals surface area (Å²) in [4.78, 5) is 1.44. The Morgan fingerprint density at radius 2 is 2.12 bits per heavy atom. The quantitative estimate of drug-likeness (QED) is 0.873. The van der Waals surface area contributed by atoms with Gasteiger partial charge >= 0.3 is 0 Å². The van der Waals surface area contributed by atoms with Gasteiger partial charge in [-0.05, 0) is 42.6 Å². The van der Waals surface area contributed by atoms with Crippen molar-refractivity contribution >= 4 is 27.7 Å². The summed E-state index contributed by atoms with van der Waals surface area (Å²) in [5.41, 5.74) is 1.46. The van der Waals surface area contributed by atoms with Crippen molar-refractivity contribution in [3.8, 4) is 0 Å². The zero-order valence-corrected chi connectivity index (χ0v) is 13.1. The highest BCUT2D eigenvalue weighted by molar-refractivity contribution is 9.10. The van der Waals surface area contributed by atoms with Crippen molar-refractivity contribution in [3.63, 3.8) is 0 Å². The van der Waals surface area contributed by atoms with Crippen molar-refractivity contribution < 1.29 is 0 Å². The summed E-state index contributed by atoms with van der Waals surface area (Å²) in [5.74, 6) is 0.674. The van der Waals surface area contributed by atoms with E-state index in [1.165, 1.54) is 21.4 Å². The lowest BCUT2D eigenvalue weighted by atomic mass is 9.91. The molecule has 0 spiro atoms. The third-order valence-electron chi connectivity index (χ3n) is 3.50. The summed E-state index contributed by atoms with van der Waals surface area (Å²) in [7, 11) is 0. The van der Waals surface area contributed by atoms with Crippen LogP contribution in [0.5, 0.6) is 0 Å². The van der Waals surface area contributed by atoms with E-state index in [2.05, 4.69) is 60.2 Å². The molecule has 1 aromatic carbocycles. The Morgan fingerprint density at radius 3 is 2.82 bits per heavy atom. The molecule has 94 valence electrons. The molecule has 1 aliphatic rings. The van der Waals surface area contributed by atoms with E-state index in [4.69, 9.17) is 0 Å². The van der Waals surface area contributed by atoms with Crippen molar-refractivity contribution in [2.75, 3.05) is 6.54 Å². The largest absolute Gasteiger partial charge is 0.310 e. The first kappa shape index (κ1) is 13.4. The van der Waals surface area contributed by atoms with E-state index in [0.29, 0.717) is 17.2 Å². The van der Waals surface area contributed by atoms with Crippen molar-refractivity contribution in [1.29, 1.82) is 0 Å². The second-order valence-electron chi connectivity index (χ2n) is 4.80. The third kappa shape index (κ3) is 2.88. The number of halogens is 1. The molecule has 1 nitrogen and oxygen atoms in total. The zero-order valence-electron chi connectivity index (χ0n) is 10.7. The van der Waals surface area contributed by atoms with Gasteiger partial charge in [-0.15, -0.1) is 11.8 Å². The molecule has 0 saturated heterocycles. The van der Waals surface area contributed by atoms with Gasteiger partial charge in [0.15, 0.2) is 0 Å². The fourth-order valence-corrected chi connectivity index (χ4v) is 3.95. The maximum Gasteiger partial charge on any atom is 0.0368 e. The average molecular weight is 314 g/mol. The van der Waals surface area contributed by atoms with Crippen LogP contribution in [0.2, 0.25) is 0 Å². The van der Waals surface area contributed by atoms with E-state index in [0.717, 1.165) is 6.54 Å². The Labute approximate surface area is 117 Å². The molecule has 0 aromatic heterocycles. The van der Waals surface area contributed by atoms with Crippen LogP contribution in [0.3, 0.4) is 0 Å². The van der Waals surface area contributed by atoms with Gasteiger partial charge < -0.3 is 5.32 Å². The first-order chi connectivity index (χ1) is 8.13. The van der Waals surface area contributed by atoms with Gasteiger partial charge in [0.2, 0.25) is 0 Å². The van der Waals surface area contributed by atoms with Crippen LogP contribution in [0, 0.1) is 5.92 Å². The van der Waals surface area contributed by atoms with Gasteiger partial charge in [0.1, 0.15) is 0 Å². The molecule has 2 rings (SSSR count). The minimum Gasteiger partial charge on any atom is -0.310 e. The van der Waals surface area contributed by atoms with Crippen LogP contribution >= 0.6 is 27.7 Å². The maximum absolute atomic E-state index is 3.70. The fraction of sp³-hybridized carbons (Fsp3) is 0.571. The summed E-state index contributed by atoms with van der Waals surface area (Å²) in [6, 6.07) is 7.16. The first-order valence-corrected chi connectivity index (χ1v) is 8.00. The van der Waals surface area contributed by atoms with Crippen LogP contribution in [0.1, 0.15) is 38.8 Å². The van der Waals surface area contributed by atoms with Crippen molar-refractivity contribution in [2.45, 2.75) is 43.4 Å². The molecule has 1 heterocycles. The van der Waals surface area contributed by atoms with Crippen LogP contribution in [-0.4, -0.2) is 11.8 Å². The fourth-order valence-electron chi connectivity index (χ4n) is 2.33. The number of rotatable bonds is 3. The van der Waals surface area contributed by atoms with Gasteiger partial charge in [0, 0.05) is 20.7 Å². The predicted molar refractivity (Wildman–Crippen MR) is 79.7 cm³/mol. The number of hydrogen-bond donors (Lipinski definition) is 1. The van der Waals surface area contributed by atoms with Crippen LogP contribution in [0.25, 0.3) is 0 Å². The molecule has 3 unspecified atom stereocenters. The van der Waals surface area contributed by atoms with E-state index < -0.39 is 0 Å².